The number of nitrogens with zero attached hydrogens (tertiary/aromatic N) is 1. The molecule has 2 aromatic rings. The van der Waals surface area contributed by atoms with E-state index < -0.39 is 44.2 Å². The van der Waals surface area contributed by atoms with Crippen molar-refractivity contribution >= 4 is 33.4 Å². The lowest BCUT2D eigenvalue weighted by Crippen LogP contribution is -2.41. The zero-order valence-electron chi connectivity index (χ0n) is 18.9. The summed E-state index contributed by atoms with van der Waals surface area (Å²) in [5.74, 6) is -2.51. The van der Waals surface area contributed by atoms with E-state index in [2.05, 4.69) is 10.6 Å². The standard InChI is InChI=1S/C22H25F2N3O6S/c1-22(2,3)33-21(29)26-18-13-15(5-7-16(18)23)25-20(28)14-4-6-17(24)19(12-14)34(30,31)27-8-10-32-11-9-27/h4-7,12-13H,8-11H2,1-3H3,(H,25,28)(H,26,29). The van der Waals surface area contributed by atoms with Gasteiger partial charge in [0.15, 0.2) is 0 Å². The molecule has 1 heterocycles. The first-order valence-electron chi connectivity index (χ1n) is 10.4. The van der Waals surface area contributed by atoms with Gasteiger partial charge in [-0.3, -0.25) is 10.1 Å². The fourth-order valence-corrected chi connectivity index (χ4v) is 4.58. The van der Waals surface area contributed by atoms with Crippen molar-refractivity contribution in [1.82, 2.24) is 4.31 Å². The van der Waals surface area contributed by atoms with E-state index in [0.717, 1.165) is 28.6 Å². The lowest BCUT2D eigenvalue weighted by Gasteiger charge is -2.26. The highest BCUT2D eigenvalue weighted by Crippen LogP contribution is 2.24. The quantitative estimate of drug-likeness (QED) is 0.653. The van der Waals surface area contributed by atoms with Gasteiger partial charge in [-0.2, -0.15) is 4.31 Å². The summed E-state index contributed by atoms with van der Waals surface area (Å²) in [5.41, 5.74) is -1.05. The third kappa shape index (κ3) is 6.27. The summed E-state index contributed by atoms with van der Waals surface area (Å²) in [7, 11) is -4.18. The second-order valence-electron chi connectivity index (χ2n) is 8.44. The Bertz CT molecular complexity index is 1190. The average molecular weight is 498 g/mol. The summed E-state index contributed by atoms with van der Waals surface area (Å²) in [4.78, 5) is 24.0. The maximum absolute atomic E-state index is 14.4. The number of nitrogens with one attached hydrogen (secondary N) is 2. The van der Waals surface area contributed by atoms with Crippen LogP contribution in [0.15, 0.2) is 41.3 Å². The minimum atomic E-state index is -4.18. The lowest BCUT2D eigenvalue weighted by molar-refractivity contribution is 0.0635. The molecule has 2 amide bonds. The molecule has 3 rings (SSSR count). The molecule has 0 bridgehead atoms. The number of carbonyl (C=O) groups is 2. The first-order valence-corrected chi connectivity index (χ1v) is 11.8. The van der Waals surface area contributed by atoms with Crippen LogP contribution in [0, 0.1) is 11.6 Å². The van der Waals surface area contributed by atoms with Crippen LogP contribution in [0.1, 0.15) is 31.1 Å². The van der Waals surface area contributed by atoms with Crippen molar-refractivity contribution < 1.29 is 36.3 Å². The highest BCUT2D eigenvalue weighted by Gasteiger charge is 2.30. The van der Waals surface area contributed by atoms with E-state index in [1.54, 1.807) is 20.8 Å². The Labute approximate surface area is 196 Å². The molecule has 2 N–H and O–H groups in total. The van der Waals surface area contributed by atoms with Crippen molar-refractivity contribution in [2.24, 2.45) is 0 Å². The van der Waals surface area contributed by atoms with Crippen molar-refractivity contribution in [3.05, 3.63) is 53.6 Å². The Morgan fingerprint density at radius 3 is 2.29 bits per heavy atom. The van der Waals surface area contributed by atoms with Crippen LogP contribution < -0.4 is 10.6 Å². The summed E-state index contributed by atoms with van der Waals surface area (Å²) in [5, 5.41) is 4.74. The molecular formula is C22H25F2N3O6S. The van der Waals surface area contributed by atoms with Crippen LogP contribution >= 0.6 is 0 Å². The number of morpholine rings is 1. The number of carbonyl (C=O) groups excluding carboxylic acids is 2. The van der Waals surface area contributed by atoms with Gasteiger partial charge < -0.3 is 14.8 Å². The van der Waals surface area contributed by atoms with Gasteiger partial charge in [0.2, 0.25) is 10.0 Å². The van der Waals surface area contributed by atoms with Crippen LogP contribution in [0.2, 0.25) is 0 Å². The van der Waals surface area contributed by atoms with Crippen LogP contribution in [0.25, 0.3) is 0 Å². The van der Waals surface area contributed by atoms with Crippen molar-refractivity contribution in [2.45, 2.75) is 31.3 Å². The second-order valence-corrected chi connectivity index (χ2v) is 10.3. The first kappa shape index (κ1) is 25.5. The molecule has 9 nitrogen and oxygen atoms in total. The topological polar surface area (TPSA) is 114 Å². The second kappa shape index (κ2) is 10.0. The third-order valence-electron chi connectivity index (χ3n) is 4.64. The van der Waals surface area contributed by atoms with Crippen molar-refractivity contribution in [2.75, 3.05) is 36.9 Å². The number of amides is 2. The Morgan fingerprint density at radius 2 is 1.65 bits per heavy atom. The molecule has 1 saturated heterocycles. The molecule has 0 radical (unpaired) electrons. The number of hydrogen-bond acceptors (Lipinski definition) is 6. The van der Waals surface area contributed by atoms with Gasteiger partial charge >= 0.3 is 6.09 Å². The van der Waals surface area contributed by atoms with Crippen molar-refractivity contribution in [3.63, 3.8) is 0 Å². The maximum Gasteiger partial charge on any atom is 0.412 e. The van der Waals surface area contributed by atoms with Gasteiger partial charge in [0.1, 0.15) is 22.1 Å². The predicted octanol–water partition coefficient (Wildman–Crippen LogP) is 3.59. The van der Waals surface area contributed by atoms with Gasteiger partial charge in [0.05, 0.1) is 18.9 Å². The van der Waals surface area contributed by atoms with E-state index in [1.165, 1.54) is 12.1 Å². The van der Waals surface area contributed by atoms with E-state index >= 15 is 0 Å². The molecule has 12 heteroatoms. The Balaban J connectivity index is 1.80. The van der Waals surface area contributed by atoms with E-state index in [1.807, 2.05) is 0 Å². The minimum Gasteiger partial charge on any atom is -0.444 e. The van der Waals surface area contributed by atoms with Crippen LogP contribution in [-0.4, -0.2) is 56.6 Å². The third-order valence-corrected chi connectivity index (χ3v) is 6.55. The van der Waals surface area contributed by atoms with E-state index in [0.29, 0.717) is 0 Å². The van der Waals surface area contributed by atoms with Gasteiger partial charge in [0.25, 0.3) is 5.91 Å². The Morgan fingerprint density at radius 1 is 1.00 bits per heavy atom. The lowest BCUT2D eigenvalue weighted by atomic mass is 10.2. The van der Waals surface area contributed by atoms with Gasteiger partial charge in [-0.05, 0) is 57.2 Å². The number of hydrogen-bond donors (Lipinski definition) is 2. The summed E-state index contributed by atoms with van der Waals surface area (Å²) < 4.78 is 65.5. The molecule has 0 aromatic heterocycles. The number of anilines is 2. The van der Waals surface area contributed by atoms with Crippen LogP contribution in [-0.2, 0) is 19.5 Å². The van der Waals surface area contributed by atoms with Crippen molar-refractivity contribution in [1.29, 1.82) is 0 Å². The summed E-state index contributed by atoms with van der Waals surface area (Å²) in [6, 6.07) is 6.42. The Kier molecular flexibility index (Phi) is 7.54. The molecule has 1 aliphatic heterocycles. The molecule has 1 fully saturated rings. The molecule has 0 atom stereocenters. The highest BCUT2D eigenvalue weighted by atomic mass is 32.2. The number of ether oxygens (including phenoxy) is 2. The van der Waals surface area contributed by atoms with E-state index in [-0.39, 0.29) is 43.2 Å². The summed E-state index contributed by atoms with van der Waals surface area (Å²) >= 11 is 0. The number of rotatable bonds is 5. The highest BCUT2D eigenvalue weighted by molar-refractivity contribution is 7.89. The fourth-order valence-electron chi connectivity index (χ4n) is 3.08. The average Bonchev–Trinajstić information content (AvgIpc) is 2.75. The van der Waals surface area contributed by atoms with Gasteiger partial charge in [-0.15, -0.1) is 0 Å². The molecule has 0 aliphatic carbocycles. The largest absolute Gasteiger partial charge is 0.444 e. The SMILES string of the molecule is CC(C)(C)OC(=O)Nc1cc(NC(=O)c2ccc(F)c(S(=O)(=O)N3CCOCC3)c2)ccc1F. The molecule has 184 valence electrons. The predicted molar refractivity (Wildman–Crippen MR) is 120 cm³/mol. The summed E-state index contributed by atoms with van der Waals surface area (Å²) in [6.07, 6.45) is -0.883. The van der Waals surface area contributed by atoms with E-state index in [9.17, 15) is 26.8 Å². The zero-order valence-corrected chi connectivity index (χ0v) is 19.7. The fraction of sp³-hybridized carbons (Fsp3) is 0.364. The molecule has 1 aliphatic rings. The zero-order chi connectivity index (χ0) is 25.1. The molecule has 34 heavy (non-hydrogen) atoms. The van der Waals surface area contributed by atoms with Gasteiger partial charge in [-0.25, -0.2) is 22.0 Å². The number of sulfonamides is 1. The maximum atomic E-state index is 14.4. The molecule has 2 aromatic carbocycles. The van der Waals surface area contributed by atoms with Crippen LogP contribution in [0.4, 0.5) is 25.0 Å². The van der Waals surface area contributed by atoms with Gasteiger partial charge in [-0.1, -0.05) is 0 Å². The van der Waals surface area contributed by atoms with Crippen LogP contribution in [0.3, 0.4) is 0 Å². The monoisotopic (exact) mass is 497 g/mol. The van der Waals surface area contributed by atoms with Crippen LogP contribution in [0.5, 0.6) is 0 Å². The number of benzene rings is 2. The number of halogens is 2. The first-order chi connectivity index (χ1) is 15.9. The van der Waals surface area contributed by atoms with Crippen molar-refractivity contribution in [3.8, 4) is 0 Å². The molecule has 0 unspecified atom stereocenters. The Hall–Kier alpha value is -3.09. The normalized spacial score (nSPS) is 15.0. The molecule has 0 saturated carbocycles. The summed E-state index contributed by atoms with van der Waals surface area (Å²) in [6.45, 7) is 5.46. The van der Waals surface area contributed by atoms with E-state index in [4.69, 9.17) is 9.47 Å². The molecule has 0 spiro atoms. The smallest absolute Gasteiger partial charge is 0.412 e. The van der Waals surface area contributed by atoms with Gasteiger partial charge in [0, 0.05) is 24.3 Å². The molecular weight excluding hydrogens is 472 g/mol. The minimum absolute atomic E-state index is 0.0706.